The van der Waals surface area contributed by atoms with Gasteiger partial charge < -0.3 is 10.5 Å². The van der Waals surface area contributed by atoms with Crippen LogP contribution in [0, 0.1) is 10.1 Å². The van der Waals surface area contributed by atoms with E-state index in [0.29, 0.717) is 6.10 Å². The fourth-order valence-corrected chi connectivity index (χ4v) is 2.57. The molecule has 1 fully saturated rings. The molecule has 0 atom stereocenters. The van der Waals surface area contributed by atoms with E-state index in [0.717, 1.165) is 44.6 Å². The van der Waals surface area contributed by atoms with Gasteiger partial charge in [0.2, 0.25) is 0 Å². The van der Waals surface area contributed by atoms with Crippen LogP contribution < -0.4 is 5.73 Å². The molecule has 20 heavy (non-hydrogen) atoms. The SMILES string of the molecule is CCOC1CCN(Cc2ccc(N)c([N+](=O)[O-])c2)CC1. The summed E-state index contributed by atoms with van der Waals surface area (Å²) in [5.74, 6) is 0. The van der Waals surface area contributed by atoms with Crippen LogP contribution in [0.5, 0.6) is 0 Å². The van der Waals surface area contributed by atoms with Crippen LogP contribution in [0.1, 0.15) is 25.3 Å². The maximum Gasteiger partial charge on any atom is 0.292 e. The lowest BCUT2D eigenvalue weighted by Gasteiger charge is -2.31. The van der Waals surface area contributed by atoms with Crippen LogP contribution in [-0.4, -0.2) is 35.6 Å². The predicted molar refractivity (Wildman–Crippen MR) is 77.4 cm³/mol. The first kappa shape index (κ1) is 14.7. The molecular weight excluding hydrogens is 258 g/mol. The first-order chi connectivity index (χ1) is 9.60. The van der Waals surface area contributed by atoms with E-state index in [4.69, 9.17) is 10.5 Å². The molecule has 0 aromatic heterocycles. The van der Waals surface area contributed by atoms with Gasteiger partial charge in [0.15, 0.2) is 0 Å². The second-order valence-corrected chi connectivity index (χ2v) is 5.08. The Labute approximate surface area is 118 Å². The van der Waals surface area contributed by atoms with E-state index in [1.54, 1.807) is 12.1 Å². The van der Waals surface area contributed by atoms with Crippen molar-refractivity contribution >= 4 is 11.4 Å². The topological polar surface area (TPSA) is 81.6 Å². The molecule has 1 heterocycles. The summed E-state index contributed by atoms with van der Waals surface area (Å²) in [5.41, 5.74) is 6.74. The van der Waals surface area contributed by atoms with E-state index in [9.17, 15) is 10.1 Å². The monoisotopic (exact) mass is 279 g/mol. The van der Waals surface area contributed by atoms with Gasteiger partial charge in [-0.05, 0) is 31.4 Å². The van der Waals surface area contributed by atoms with Crippen molar-refractivity contribution in [3.63, 3.8) is 0 Å². The van der Waals surface area contributed by atoms with Crippen molar-refractivity contribution in [2.75, 3.05) is 25.4 Å². The molecule has 1 saturated heterocycles. The van der Waals surface area contributed by atoms with Gasteiger partial charge >= 0.3 is 0 Å². The number of likely N-dealkylation sites (tertiary alicyclic amines) is 1. The van der Waals surface area contributed by atoms with Crippen LogP contribution in [0.3, 0.4) is 0 Å². The highest BCUT2D eigenvalue weighted by atomic mass is 16.6. The molecule has 2 rings (SSSR count). The fraction of sp³-hybridized carbons (Fsp3) is 0.571. The normalized spacial score (nSPS) is 17.2. The molecule has 6 heteroatoms. The van der Waals surface area contributed by atoms with Crippen molar-refractivity contribution < 1.29 is 9.66 Å². The Morgan fingerprint density at radius 3 is 2.75 bits per heavy atom. The molecular formula is C14H21N3O3. The second-order valence-electron chi connectivity index (χ2n) is 5.08. The number of benzene rings is 1. The molecule has 110 valence electrons. The van der Waals surface area contributed by atoms with Gasteiger partial charge in [0.05, 0.1) is 11.0 Å². The molecule has 6 nitrogen and oxygen atoms in total. The Bertz CT molecular complexity index is 471. The number of anilines is 1. The smallest absolute Gasteiger partial charge is 0.292 e. The minimum absolute atomic E-state index is 0.00768. The first-order valence-corrected chi connectivity index (χ1v) is 6.97. The molecule has 0 spiro atoms. The number of piperidine rings is 1. The summed E-state index contributed by atoms with van der Waals surface area (Å²) in [7, 11) is 0. The molecule has 1 aliphatic rings. The standard InChI is InChI=1S/C14H21N3O3/c1-2-20-12-5-7-16(8-6-12)10-11-3-4-13(15)14(9-11)17(18)19/h3-4,9,12H,2,5-8,10,15H2,1H3. The van der Waals surface area contributed by atoms with Crippen LogP contribution in [0.4, 0.5) is 11.4 Å². The van der Waals surface area contributed by atoms with Gasteiger partial charge in [-0.2, -0.15) is 0 Å². The Hall–Kier alpha value is -1.66. The van der Waals surface area contributed by atoms with E-state index < -0.39 is 4.92 Å². The Kier molecular flexibility index (Phi) is 4.92. The summed E-state index contributed by atoms with van der Waals surface area (Å²) in [5, 5.41) is 10.9. The minimum atomic E-state index is -0.430. The maximum atomic E-state index is 10.9. The molecule has 0 bridgehead atoms. The summed E-state index contributed by atoms with van der Waals surface area (Å²) in [6, 6.07) is 5.04. The van der Waals surface area contributed by atoms with E-state index >= 15 is 0 Å². The molecule has 0 radical (unpaired) electrons. The fourth-order valence-electron chi connectivity index (χ4n) is 2.57. The summed E-state index contributed by atoms with van der Waals surface area (Å²) in [4.78, 5) is 12.7. The first-order valence-electron chi connectivity index (χ1n) is 6.97. The molecule has 2 N–H and O–H groups in total. The zero-order chi connectivity index (χ0) is 14.5. The summed E-state index contributed by atoms with van der Waals surface area (Å²) in [6.07, 6.45) is 2.40. The number of hydrogen-bond acceptors (Lipinski definition) is 5. The third kappa shape index (κ3) is 3.68. The number of nitro benzene ring substituents is 1. The van der Waals surface area contributed by atoms with Gasteiger partial charge in [0.25, 0.3) is 5.69 Å². The lowest BCUT2D eigenvalue weighted by Crippen LogP contribution is -2.36. The van der Waals surface area contributed by atoms with Gasteiger partial charge in [-0.1, -0.05) is 6.07 Å². The molecule has 1 aliphatic heterocycles. The Morgan fingerprint density at radius 1 is 1.45 bits per heavy atom. The van der Waals surface area contributed by atoms with Gasteiger partial charge in [0, 0.05) is 32.3 Å². The lowest BCUT2D eigenvalue weighted by molar-refractivity contribution is -0.384. The van der Waals surface area contributed by atoms with Crippen LogP contribution in [-0.2, 0) is 11.3 Å². The molecule has 1 aromatic rings. The number of nitrogen functional groups attached to an aromatic ring is 1. The third-order valence-corrected chi connectivity index (χ3v) is 3.63. The van der Waals surface area contributed by atoms with Gasteiger partial charge in [-0.3, -0.25) is 15.0 Å². The number of ether oxygens (including phenoxy) is 1. The largest absolute Gasteiger partial charge is 0.393 e. The third-order valence-electron chi connectivity index (χ3n) is 3.63. The Balaban J connectivity index is 1.94. The van der Waals surface area contributed by atoms with Crippen LogP contribution in [0.2, 0.25) is 0 Å². The Morgan fingerprint density at radius 2 is 2.15 bits per heavy atom. The molecule has 0 aliphatic carbocycles. The van der Waals surface area contributed by atoms with Gasteiger partial charge in [0.1, 0.15) is 5.69 Å². The highest BCUT2D eigenvalue weighted by Gasteiger charge is 2.20. The molecule has 0 amide bonds. The van der Waals surface area contributed by atoms with Gasteiger partial charge in [-0.15, -0.1) is 0 Å². The lowest BCUT2D eigenvalue weighted by atomic mass is 10.1. The number of nitro groups is 1. The van der Waals surface area contributed by atoms with E-state index in [2.05, 4.69) is 4.90 Å². The van der Waals surface area contributed by atoms with Crippen molar-refractivity contribution in [2.24, 2.45) is 0 Å². The predicted octanol–water partition coefficient (Wildman–Crippen LogP) is 2.18. The van der Waals surface area contributed by atoms with Gasteiger partial charge in [-0.25, -0.2) is 0 Å². The zero-order valence-electron chi connectivity index (χ0n) is 11.7. The second kappa shape index (κ2) is 6.67. The van der Waals surface area contributed by atoms with Crippen molar-refractivity contribution in [1.29, 1.82) is 0 Å². The van der Waals surface area contributed by atoms with Crippen LogP contribution in [0.25, 0.3) is 0 Å². The van der Waals surface area contributed by atoms with Crippen molar-refractivity contribution in [3.05, 3.63) is 33.9 Å². The highest BCUT2D eigenvalue weighted by Crippen LogP contribution is 2.24. The van der Waals surface area contributed by atoms with Crippen LogP contribution in [0.15, 0.2) is 18.2 Å². The zero-order valence-corrected chi connectivity index (χ0v) is 11.7. The van der Waals surface area contributed by atoms with Crippen LogP contribution >= 0.6 is 0 Å². The number of nitrogens with zero attached hydrogens (tertiary/aromatic N) is 2. The summed E-state index contributed by atoms with van der Waals surface area (Å²) >= 11 is 0. The quantitative estimate of drug-likeness (QED) is 0.507. The molecule has 1 aromatic carbocycles. The average molecular weight is 279 g/mol. The molecule has 0 unspecified atom stereocenters. The van der Waals surface area contributed by atoms with Crippen molar-refractivity contribution in [3.8, 4) is 0 Å². The highest BCUT2D eigenvalue weighted by molar-refractivity contribution is 5.59. The average Bonchev–Trinajstić information content (AvgIpc) is 2.43. The minimum Gasteiger partial charge on any atom is -0.393 e. The van der Waals surface area contributed by atoms with E-state index in [1.165, 1.54) is 0 Å². The summed E-state index contributed by atoms with van der Waals surface area (Å²) < 4.78 is 5.62. The van der Waals surface area contributed by atoms with Crippen molar-refractivity contribution in [2.45, 2.75) is 32.4 Å². The number of nitrogens with two attached hydrogens (primary N) is 1. The maximum absolute atomic E-state index is 10.9. The molecule has 0 saturated carbocycles. The number of hydrogen-bond donors (Lipinski definition) is 1. The number of rotatable bonds is 5. The summed E-state index contributed by atoms with van der Waals surface area (Å²) in [6.45, 7) is 5.42. The van der Waals surface area contributed by atoms with E-state index in [1.807, 2.05) is 13.0 Å². The van der Waals surface area contributed by atoms with Crippen molar-refractivity contribution in [1.82, 2.24) is 4.90 Å². The van der Waals surface area contributed by atoms with E-state index in [-0.39, 0.29) is 11.4 Å².